The number of benzene rings is 2. The number of para-hydroxylation sites is 1. The number of nitrogens with zero attached hydrogens (tertiary/aromatic N) is 2. The lowest BCUT2D eigenvalue weighted by Gasteiger charge is -2.29. The lowest BCUT2D eigenvalue weighted by molar-refractivity contribution is -0.136. The minimum absolute atomic E-state index is 0.00532. The van der Waals surface area contributed by atoms with Crippen LogP contribution in [0.2, 0.25) is 0 Å². The molecule has 0 saturated heterocycles. The van der Waals surface area contributed by atoms with Gasteiger partial charge in [-0.25, -0.2) is 0 Å². The molecule has 0 unspecified atom stereocenters. The third-order valence-electron chi connectivity index (χ3n) is 5.77. The predicted octanol–water partition coefficient (Wildman–Crippen LogP) is 5.00. The highest BCUT2D eigenvalue weighted by molar-refractivity contribution is 6.09. The van der Waals surface area contributed by atoms with Crippen LogP contribution in [0.1, 0.15) is 42.4 Å². The fourth-order valence-electron chi connectivity index (χ4n) is 4.10. The number of carbonyl (C=O) groups is 1. The van der Waals surface area contributed by atoms with Gasteiger partial charge in [0.15, 0.2) is 5.66 Å². The molecule has 0 bridgehead atoms. The topological polar surface area (TPSA) is 74.0 Å². The molecule has 154 valence electrons. The maximum Gasteiger partial charge on any atom is 0.418 e. The summed E-state index contributed by atoms with van der Waals surface area (Å²) in [7, 11) is 0. The molecule has 1 atom stereocenters. The zero-order valence-electron chi connectivity index (χ0n) is 15.8. The van der Waals surface area contributed by atoms with Crippen molar-refractivity contribution in [1.29, 1.82) is 0 Å². The molecule has 2 aliphatic rings. The first kappa shape index (κ1) is 20.0. The largest absolute Gasteiger partial charge is 0.508 e. The number of hydrogen-bond acceptors (Lipinski definition) is 4. The van der Waals surface area contributed by atoms with E-state index in [2.05, 4.69) is 21.5 Å². The zero-order chi connectivity index (χ0) is 21.6. The molecule has 0 aliphatic carbocycles. The Labute approximate surface area is 171 Å². The Morgan fingerprint density at radius 1 is 1.07 bits per heavy atom. The van der Waals surface area contributed by atoms with Crippen molar-refractivity contribution in [2.45, 2.75) is 42.9 Å². The number of fused-ring (bicyclic) bond motifs is 1. The first-order chi connectivity index (χ1) is 14.2. The van der Waals surface area contributed by atoms with Gasteiger partial charge in [-0.3, -0.25) is 4.79 Å². The summed E-state index contributed by atoms with van der Waals surface area (Å²) in [5, 5.41) is 20.3. The molecule has 8 heteroatoms. The monoisotopic (exact) mass is 413 g/mol. The van der Waals surface area contributed by atoms with Crippen molar-refractivity contribution in [3.05, 3.63) is 59.2 Å². The van der Waals surface area contributed by atoms with Crippen LogP contribution in [0.15, 0.2) is 52.7 Å². The molecular weight excluding hydrogens is 395 g/mol. The van der Waals surface area contributed by atoms with Crippen LogP contribution in [0.25, 0.3) is 0 Å². The summed E-state index contributed by atoms with van der Waals surface area (Å²) in [4.78, 5) is 13.2. The molecule has 0 spiro atoms. The fourth-order valence-corrected chi connectivity index (χ4v) is 4.10. The van der Waals surface area contributed by atoms with Gasteiger partial charge in [-0.2, -0.15) is 23.4 Å². The number of anilines is 1. The summed E-state index contributed by atoms with van der Waals surface area (Å²) >= 11 is 0. The molecule has 1 amide bonds. The normalized spacial score (nSPS) is 21.1. The van der Waals surface area contributed by atoms with E-state index in [1.165, 1.54) is 24.3 Å². The van der Waals surface area contributed by atoms with E-state index in [0.717, 1.165) is 6.07 Å². The van der Waals surface area contributed by atoms with E-state index in [9.17, 15) is 23.1 Å². The Bertz CT molecular complexity index is 1060. The molecule has 4 rings (SSSR count). The Balaban J connectivity index is 1.81. The second-order valence-electron chi connectivity index (χ2n) is 7.52. The van der Waals surface area contributed by atoms with E-state index < -0.39 is 28.7 Å². The molecule has 2 N–H and O–H groups in total. The summed E-state index contributed by atoms with van der Waals surface area (Å²) in [6.45, 7) is 0. The molecule has 0 saturated carbocycles. The highest BCUT2D eigenvalue weighted by atomic mass is 19.4. The number of halogens is 3. The van der Waals surface area contributed by atoms with Gasteiger partial charge in [0.25, 0.3) is 0 Å². The summed E-state index contributed by atoms with van der Waals surface area (Å²) < 4.78 is 40.7. The molecule has 0 fully saturated rings. The van der Waals surface area contributed by atoms with Gasteiger partial charge in [-0.1, -0.05) is 24.3 Å². The van der Waals surface area contributed by atoms with Crippen molar-refractivity contribution in [3.8, 4) is 18.1 Å². The zero-order valence-corrected chi connectivity index (χ0v) is 15.8. The van der Waals surface area contributed by atoms with E-state index in [4.69, 9.17) is 6.42 Å². The molecule has 0 radical (unpaired) electrons. The molecule has 30 heavy (non-hydrogen) atoms. The lowest BCUT2D eigenvalue weighted by Crippen LogP contribution is -2.37. The second kappa shape index (κ2) is 6.87. The van der Waals surface area contributed by atoms with Crippen LogP contribution in [-0.4, -0.2) is 16.7 Å². The van der Waals surface area contributed by atoms with Crippen LogP contribution in [0.3, 0.4) is 0 Å². The van der Waals surface area contributed by atoms with Gasteiger partial charge >= 0.3 is 6.18 Å². The third kappa shape index (κ3) is 3.20. The van der Waals surface area contributed by atoms with Crippen molar-refractivity contribution in [1.82, 2.24) is 0 Å². The maximum atomic E-state index is 13.6. The SMILES string of the molecule is C#CCCC1(CC[C@]2(c3ccc(O)cc3)C(=O)Nc3c(C(F)(F)F)cccc32)N=N1. The van der Waals surface area contributed by atoms with Gasteiger partial charge in [-0.05, 0) is 42.2 Å². The number of carbonyl (C=O) groups excluding carboxylic acids is 1. The molecule has 2 aromatic carbocycles. The minimum atomic E-state index is -4.61. The Morgan fingerprint density at radius 3 is 2.37 bits per heavy atom. The van der Waals surface area contributed by atoms with Crippen LogP contribution in [0.4, 0.5) is 18.9 Å². The lowest BCUT2D eigenvalue weighted by atomic mass is 9.70. The number of hydrogen-bond donors (Lipinski definition) is 2. The first-order valence-electron chi connectivity index (χ1n) is 9.41. The maximum absolute atomic E-state index is 13.6. The fraction of sp³-hybridized carbons (Fsp3) is 0.318. The third-order valence-corrected chi connectivity index (χ3v) is 5.77. The number of aromatic hydroxyl groups is 1. The molecule has 2 aromatic rings. The number of phenols is 1. The standard InChI is InChI=1S/C22H18F3N3O2/c1-2-3-11-20(27-28-20)12-13-21(14-7-9-15(29)10-8-14)16-5-4-6-17(22(23,24)25)18(16)26-19(21)30/h1,4-10,29H,3,11-13H2,(H,26,30)/t21-/m1/s1. The number of amides is 1. The van der Waals surface area contributed by atoms with E-state index >= 15 is 0 Å². The molecule has 0 aromatic heterocycles. The average Bonchev–Trinajstić information content (AvgIpc) is 3.41. The summed E-state index contributed by atoms with van der Waals surface area (Å²) in [6, 6.07) is 9.72. The average molecular weight is 413 g/mol. The molecule has 2 heterocycles. The van der Waals surface area contributed by atoms with Crippen molar-refractivity contribution in [2.24, 2.45) is 10.2 Å². The van der Waals surface area contributed by atoms with Crippen molar-refractivity contribution < 1.29 is 23.1 Å². The smallest absolute Gasteiger partial charge is 0.418 e. The van der Waals surface area contributed by atoms with Gasteiger partial charge in [0.1, 0.15) is 11.2 Å². The summed E-state index contributed by atoms with van der Waals surface area (Å²) in [5.41, 5.74) is -2.44. The Kier molecular flexibility index (Phi) is 4.57. The highest BCUT2D eigenvalue weighted by Crippen LogP contribution is 2.52. The van der Waals surface area contributed by atoms with Crippen LogP contribution < -0.4 is 5.32 Å². The molecule has 5 nitrogen and oxygen atoms in total. The van der Waals surface area contributed by atoms with Crippen molar-refractivity contribution in [3.63, 3.8) is 0 Å². The number of rotatable bonds is 6. The first-order valence-corrected chi connectivity index (χ1v) is 9.41. The van der Waals surface area contributed by atoms with Crippen molar-refractivity contribution >= 4 is 11.6 Å². The van der Waals surface area contributed by atoms with E-state index in [1.807, 2.05) is 0 Å². The predicted molar refractivity (Wildman–Crippen MR) is 104 cm³/mol. The van der Waals surface area contributed by atoms with E-state index in [1.54, 1.807) is 12.1 Å². The van der Waals surface area contributed by atoms with Crippen LogP contribution in [0, 0.1) is 12.3 Å². The molecular formula is C22H18F3N3O2. The highest BCUT2D eigenvalue weighted by Gasteiger charge is 2.53. The van der Waals surface area contributed by atoms with Gasteiger partial charge < -0.3 is 10.4 Å². The van der Waals surface area contributed by atoms with Gasteiger partial charge in [-0.15, -0.1) is 12.3 Å². The second-order valence-corrected chi connectivity index (χ2v) is 7.52. The van der Waals surface area contributed by atoms with Crippen LogP contribution in [0.5, 0.6) is 5.75 Å². The van der Waals surface area contributed by atoms with Crippen molar-refractivity contribution in [2.75, 3.05) is 5.32 Å². The molecule has 2 aliphatic heterocycles. The number of terminal acetylenes is 1. The van der Waals surface area contributed by atoms with E-state index in [0.29, 0.717) is 24.8 Å². The Hall–Kier alpha value is -3.34. The summed E-state index contributed by atoms with van der Waals surface area (Å²) in [6.07, 6.45) is 2.24. The minimum Gasteiger partial charge on any atom is -0.508 e. The van der Waals surface area contributed by atoms with Gasteiger partial charge in [0.05, 0.1) is 11.3 Å². The van der Waals surface area contributed by atoms with E-state index in [-0.39, 0.29) is 23.4 Å². The Morgan fingerprint density at radius 2 is 1.77 bits per heavy atom. The number of alkyl halides is 3. The number of phenolic OH excluding ortho intramolecular Hbond substituents is 1. The quantitative estimate of drug-likeness (QED) is 0.654. The van der Waals surface area contributed by atoms with Gasteiger partial charge in [0.2, 0.25) is 5.91 Å². The van der Waals surface area contributed by atoms with Crippen LogP contribution in [-0.2, 0) is 16.4 Å². The van der Waals surface area contributed by atoms with Gasteiger partial charge in [0, 0.05) is 12.8 Å². The summed E-state index contributed by atoms with van der Waals surface area (Å²) in [5.74, 6) is 1.98. The number of nitrogens with one attached hydrogen (secondary N) is 1. The van der Waals surface area contributed by atoms with Crippen LogP contribution >= 0.6 is 0 Å².